The molecule has 0 bridgehead atoms. The molecule has 0 fully saturated rings. The molecule has 0 aromatic heterocycles. The van der Waals surface area contributed by atoms with Crippen LogP contribution in [-0.4, -0.2) is 23.2 Å². The predicted molar refractivity (Wildman–Crippen MR) is 65.1 cm³/mol. The lowest BCUT2D eigenvalue weighted by Crippen LogP contribution is -2.38. The molecule has 0 saturated heterocycles. The molecule has 0 aliphatic carbocycles. The lowest BCUT2D eigenvalue weighted by molar-refractivity contribution is 0.0694. The van der Waals surface area contributed by atoms with Crippen molar-refractivity contribution in [2.45, 2.75) is 19.4 Å². The van der Waals surface area contributed by atoms with Crippen LogP contribution in [0.5, 0.6) is 0 Å². The van der Waals surface area contributed by atoms with Gasteiger partial charge in [-0.1, -0.05) is 23.2 Å². The largest absolute Gasteiger partial charge is 0.389 e. The maximum atomic E-state index is 11.6. The third kappa shape index (κ3) is 4.00. The Labute approximate surface area is 104 Å². The van der Waals surface area contributed by atoms with Crippen molar-refractivity contribution < 1.29 is 9.90 Å². The minimum Gasteiger partial charge on any atom is -0.389 e. The van der Waals surface area contributed by atoms with Gasteiger partial charge in [0.15, 0.2) is 0 Å². The Bertz CT molecular complexity index is 399. The van der Waals surface area contributed by atoms with E-state index < -0.39 is 5.60 Å². The number of benzene rings is 1. The van der Waals surface area contributed by atoms with E-state index >= 15 is 0 Å². The lowest BCUT2D eigenvalue weighted by Gasteiger charge is -2.17. The van der Waals surface area contributed by atoms with Crippen LogP contribution < -0.4 is 5.32 Å². The number of amides is 1. The Morgan fingerprint density at radius 3 is 2.50 bits per heavy atom. The van der Waals surface area contributed by atoms with Gasteiger partial charge in [0.1, 0.15) is 0 Å². The summed E-state index contributed by atoms with van der Waals surface area (Å²) in [6.45, 7) is 3.40. The van der Waals surface area contributed by atoms with Gasteiger partial charge in [-0.15, -0.1) is 0 Å². The lowest BCUT2D eigenvalue weighted by atomic mass is 10.1. The highest BCUT2D eigenvalue weighted by Crippen LogP contribution is 2.22. The zero-order valence-corrected chi connectivity index (χ0v) is 10.6. The van der Waals surface area contributed by atoms with Crippen molar-refractivity contribution in [3.05, 3.63) is 33.8 Å². The van der Waals surface area contributed by atoms with Gasteiger partial charge in [-0.25, -0.2) is 0 Å². The maximum Gasteiger partial charge on any atom is 0.251 e. The molecule has 1 aromatic rings. The molecule has 0 atom stereocenters. The highest BCUT2D eigenvalue weighted by atomic mass is 35.5. The summed E-state index contributed by atoms with van der Waals surface area (Å²) in [7, 11) is 0. The van der Waals surface area contributed by atoms with Gasteiger partial charge >= 0.3 is 0 Å². The zero-order chi connectivity index (χ0) is 12.3. The Morgan fingerprint density at radius 1 is 1.38 bits per heavy atom. The molecule has 16 heavy (non-hydrogen) atoms. The van der Waals surface area contributed by atoms with Crippen LogP contribution in [-0.2, 0) is 0 Å². The van der Waals surface area contributed by atoms with E-state index in [1.54, 1.807) is 26.0 Å². The van der Waals surface area contributed by atoms with Crippen LogP contribution in [0.2, 0.25) is 10.0 Å². The number of aliphatic hydroxyl groups is 1. The van der Waals surface area contributed by atoms with Crippen molar-refractivity contribution in [2.75, 3.05) is 6.54 Å². The van der Waals surface area contributed by atoms with Crippen molar-refractivity contribution in [2.24, 2.45) is 0 Å². The maximum absolute atomic E-state index is 11.6. The van der Waals surface area contributed by atoms with E-state index in [2.05, 4.69) is 5.32 Å². The fraction of sp³-hybridized carbons (Fsp3) is 0.364. The van der Waals surface area contributed by atoms with E-state index in [1.807, 2.05) is 0 Å². The van der Waals surface area contributed by atoms with Crippen LogP contribution in [0.1, 0.15) is 24.2 Å². The number of carbonyl (C=O) groups excluding carboxylic acids is 1. The molecule has 1 amide bonds. The normalized spacial score (nSPS) is 11.3. The monoisotopic (exact) mass is 261 g/mol. The Kier molecular flexibility index (Phi) is 4.19. The summed E-state index contributed by atoms with van der Waals surface area (Å²) < 4.78 is 0. The van der Waals surface area contributed by atoms with Crippen molar-refractivity contribution >= 4 is 29.1 Å². The van der Waals surface area contributed by atoms with Crippen LogP contribution >= 0.6 is 23.2 Å². The van der Waals surface area contributed by atoms with E-state index in [1.165, 1.54) is 6.07 Å². The molecule has 1 aromatic carbocycles. The fourth-order valence-corrected chi connectivity index (χ4v) is 1.33. The summed E-state index contributed by atoms with van der Waals surface area (Å²) in [5.74, 6) is -0.291. The number of halogens is 2. The fourth-order valence-electron chi connectivity index (χ4n) is 1.04. The quantitative estimate of drug-likeness (QED) is 0.879. The SMILES string of the molecule is CC(C)(O)CNC(=O)c1ccc(Cl)c(Cl)c1. The predicted octanol–water partition coefficient (Wildman–Crippen LogP) is 2.49. The number of rotatable bonds is 3. The van der Waals surface area contributed by atoms with Gasteiger partial charge in [0.2, 0.25) is 0 Å². The number of hydrogen-bond donors (Lipinski definition) is 2. The van der Waals surface area contributed by atoms with Gasteiger partial charge in [-0.2, -0.15) is 0 Å². The van der Waals surface area contributed by atoms with Gasteiger partial charge < -0.3 is 10.4 Å². The first-order chi connectivity index (χ1) is 7.29. The summed E-state index contributed by atoms with van der Waals surface area (Å²) in [6.07, 6.45) is 0. The van der Waals surface area contributed by atoms with Gasteiger partial charge in [0, 0.05) is 12.1 Å². The molecule has 0 unspecified atom stereocenters. The third-order valence-corrected chi connectivity index (χ3v) is 2.60. The molecular weight excluding hydrogens is 249 g/mol. The number of hydrogen-bond acceptors (Lipinski definition) is 2. The van der Waals surface area contributed by atoms with Crippen molar-refractivity contribution in [3.8, 4) is 0 Å². The molecule has 0 aliphatic heterocycles. The van der Waals surface area contributed by atoms with Crippen LogP contribution in [0.25, 0.3) is 0 Å². The second-order valence-corrected chi connectivity index (χ2v) is 4.94. The average Bonchev–Trinajstić information content (AvgIpc) is 2.17. The summed E-state index contributed by atoms with van der Waals surface area (Å²) in [5.41, 5.74) is -0.523. The first-order valence-corrected chi connectivity index (χ1v) is 5.51. The van der Waals surface area contributed by atoms with Crippen molar-refractivity contribution in [3.63, 3.8) is 0 Å². The molecule has 1 rings (SSSR count). The van der Waals surface area contributed by atoms with Crippen molar-refractivity contribution in [1.29, 1.82) is 0 Å². The molecule has 88 valence electrons. The van der Waals surface area contributed by atoms with Crippen LogP contribution in [0.4, 0.5) is 0 Å². The smallest absolute Gasteiger partial charge is 0.251 e. The first-order valence-electron chi connectivity index (χ1n) is 4.75. The molecule has 0 saturated carbocycles. The topological polar surface area (TPSA) is 49.3 Å². The molecule has 0 spiro atoms. The van der Waals surface area contributed by atoms with Crippen molar-refractivity contribution in [1.82, 2.24) is 5.32 Å². The number of nitrogens with one attached hydrogen (secondary N) is 1. The number of carbonyl (C=O) groups is 1. The molecule has 5 heteroatoms. The second kappa shape index (κ2) is 5.04. The minimum absolute atomic E-state index is 0.173. The minimum atomic E-state index is -0.939. The molecular formula is C11H13Cl2NO2. The standard InChI is InChI=1S/C11H13Cl2NO2/c1-11(2,16)6-14-10(15)7-3-4-8(12)9(13)5-7/h3-5,16H,6H2,1-2H3,(H,14,15). The van der Waals surface area contributed by atoms with E-state index in [9.17, 15) is 9.90 Å². The summed E-state index contributed by atoms with van der Waals surface area (Å²) in [6, 6.07) is 4.63. The van der Waals surface area contributed by atoms with E-state index in [0.29, 0.717) is 15.6 Å². The van der Waals surface area contributed by atoms with E-state index in [-0.39, 0.29) is 12.5 Å². The van der Waals surface area contributed by atoms with Crippen LogP contribution in [0, 0.1) is 0 Å². The highest BCUT2D eigenvalue weighted by Gasteiger charge is 2.15. The Balaban J connectivity index is 2.70. The second-order valence-electron chi connectivity index (χ2n) is 4.12. The molecule has 3 nitrogen and oxygen atoms in total. The molecule has 0 radical (unpaired) electrons. The van der Waals surface area contributed by atoms with E-state index in [0.717, 1.165) is 0 Å². The van der Waals surface area contributed by atoms with Gasteiger partial charge in [-0.05, 0) is 32.0 Å². The summed E-state index contributed by atoms with van der Waals surface area (Å²) in [5, 5.41) is 12.8. The molecule has 0 heterocycles. The van der Waals surface area contributed by atoms with Gasteiger partial charge in [0.05, 0.1) is 15.6 Å². The highest BCUT2D eigenvalue weighted by molar-refractivity contribution is 6.42. The third-order valence-electron chi connectivity index (χ3n) is 1.86. The van der Waals surface area contributed by atoms with Crippen LogP contribution in [0.15, 0.2) is 18.2 Å². The van der Waals surface area contributed by atoms with Gasteiger partial charge in [0.25, 0.3) is 5.91 Å². The Hall–Kier alpha value is -0.770. The summed E-state index contributed by atoms with van der Waals surface area (Å²) >= 11 is 11.5. The average molecular weight is 262 g/mol. The first kappa shape index (κ1) is 13.3. The molecule has 0 aliphatic rings. The molecule has 2 N–H and O–H groups in total. The Morgan fingerprint density at radius 2 is 2.00 bits per heavy atom. The van der Waals surface area contributed by atoms with E-state index in [4.69, 9.17) is 23.2 Å². The summed E-state index contributed by atoms with van der Waals surface area (Å²) in [4.78, 5) is 11.6. The zero-order valence-electron chi connectivity index (χ0n) is 9.05. The van der Waals surface area contributed by atoms with Gasteiger partial charge in [-0.3, -0.25) is 4.79 Å². The van der Waals surface area contributed by atoms with Crippen LogP contribution in [0.3, 0.4) is 0 Å².